The number of benzene rings is 4. The Bertz CT molecular complexity index is 1290. The van der Waals surface area contributed by atoms with Crippen molar-refractivity contribution in [3.63, 3.8) is 0 Å². The Balaban J connectivity index is 1.67. The molecule has 0 fully saturated rings. The third-order valence-electron chi connectivity index (χ3n) is 5.30. The second kappa shape index (κ2) is 10.3. The van der Waals surface area contributed by atoms with E-state index in [0.29, 0.717) is 0 Å². The maximum Gasteiger partial charge on any atom is 0.264 e. The van der Waals surface area contributed by atoms with E-state index >= 15 is 0 Å². The predicted octanol–water partition coefficient (Wildman–Crippen LogP) is 4.93. The highest BCUT2D eigenvalue weighted by atomic mass is 32.2. The van der Waals surface area contributed by atoms with Crippen LogP contribution < -0.4 is 9.62 Å². The quantitative estimate of drug-likeness (QED) is 0.394. The number of hydrogen-bond acceptors (Lipinski definition) is 3. The number of nitrogens with zero attached hydrogens (tertiary/aromatic N) is 1. The third-order valence-corrected chi connectivity index (χ3v) is 7.09. The van der Waals surface area contributed by atoms with Gasteiger partial charge in [0.25, 0.3) is 10.0 Å². The summed E-state index contributed by atoms with van der Waals surface area (Å²) < 4.78 is 41.4. The Morgan fingerprint density at radius 3 is 1.71 bits per heavy atom. The Hall–Kier alpha value is -3.97. The molecule has 0 spiro atoms. The first-order chi connectivity index (χ1) is 16.4. The first-order valence-corrected chi connectivity index (χ1v) is 12.1. The van der Waals surface area contributed by atoms with E-state index in [-0.39, 0.29) is 10.6 Å². The van der Waals surface area contributed by atoms with Gasteiger partial charge in [-0.25, -0.2) is 12.8 Å². The lowest BCUT2D eigenvalue weighted by Crippen LogP contribution is -2.42. The second-order valence-corrected chi connectivity index (χ2v) is 9.49. The summed E-state index contributed by atoms with van der Waals surface area (Å²) in [6.45, 7) is -0.473. The van der Waals surface area contributed by atoms with Gasteiger partial charge in [0.1, 0.15) is 12.4 Å². The Kier molecular flexibility index (Phi) is 7.04. The topological polar surface area (TPSA) is 66.5 Å². The maximum absolute atomic E-state index is 13.5. The summed E-state index contributed by atoms with van der Waals surface area (Å²) in [5.41, 5.74) is 1.92. The van der Waals surface area contributed by atoms with Gasteiger partial charge in [0.05, 0.1) is 16.6 Å². The minimum Gasteiger partial charge on any atom is -0.344 e. The summed E-state index contributed by atoms with van der Waals surface area (Å²) in [7, 11) is -4.08. The molecule has 172 valence electrons. The number of amides is 1. The molecule has 1 amide bonds. The van der Waals surface area contributed by atoms with Crippen LogP contribution in [-0.2, 0) is 14.8 Å². The fourth-order valence-corrected chi connectivity index (χ4v) is 5.07. The van der Waals surface area contributed by atoms with Gasteiger partial charge in [0.15, 0.2) is 0 Å². The van der Waals surface area contributed by atoms with E-state index in [1.165, 1.54) is 24.3 Å². The molecule has 0 bridgehead atoms. The summed E-state index contributed by atoms with van der Waals surface area (Å²) in [5, 5.41) is 2.97. The molecule has 0 aliphatic rings. The van der Waals surface area contributed by atoms with Crippen molar-refractivity contribution in [2.45, 2.75) is 10.9 Å². The van der Waals surface area contributed by atoms with E-state index < -0.39 is 34.3 Å². The molecule has 0 heterocycles. The summed E-state index contributed by atoms with van der Waals surface area (Å²) >= 11 is 0. The first-order valence-electron chi connectivity index (χ1n) is 10.7. The summed E-state index contributed by atoms with van der Waals surface area (Å²) in [6.07, 6.45) is 0. The van der Waals surface area contributed by atoms with E-state index in [1.807, 2.05) is 60.7 Å². The smallest absolute Gasteiger partial charge is 0.264 e. The van der Waals surface area contributed by atoms with Crippen molar-refractivity contribution < 1.29 is 17.6 Å². The van der Waals surface area contributed by atoms with Gasteiger partial charge < -0.3 is 5.32 Å². The van der Waals surface area contributed by atoms with Crippen LogP contribution in [0.1, 0.15) is 17.2 Å². The zero-order valence-corrected chi connectivity index (χ0v) is 19.0. The highest BCUT2D eigenvalue weighted by molar-refractivity contribution is 7.92. The molecule has 4 rings (SSSR count). The van der Waals surface area contributed by atoms with Gasteiger partial charge in [-0.1, -0.05) is 78.9 Å². The molecule has 5 nitrogen and oxygen atoms in total. The van der Waals surface area contributed by atoms with Crippen molar-refractivity contribution in [3.8, 4) is 0 Å². The maximum atomic E-state index is 13.5. The Labute approximate surface area is 198 Å². The highest BCUT2D eigenvalue weighted by Crippen LogP contribution is 2.25. The third kappa shape index (κ3) is 5.32. The number of nitrogens with one attached hydrogen (secondary N) is 1. The average Bonchev–Trinajstić information content (AvgIpc) is 2.88. The van der Waals surface area contributed by atoms with Gasteiger partial charge in [0, 0.05) is 0 Å². The lowest BCUT2D eigenvalue weighted by Gasteiger charge is -2.26. The molecule has 0 saturated carbocycles. The molecule has 0 aliphatic heterocycles. The molecule has 0 aromatic heterocycles. The lowest BCUT2D eigenvalue weighted by atomic mass is 9.99. The highest BCUT2D eigenvalue weighted by Gasteiger charge is 2.28. The van der Waals surface area contributed by atoms with Crippen LogP contribution in [0.4, 0.5) is 10.1 Å². The van der Waals surface area contributed by atoms with Crippen molar-refractivity contribution in [1.82, 2.24) is 5.32 Å². The molecule has 0 atom stereocenters. The SMILES string of the molecule is O=C(CN(c1ccc(F)cc1)S(=O)(=O)c1ccccc1)NC(c1ccccc1)c1ccccc1. The molecule has 0 saturated heterocycles. The van der Waals surface area contributed by atoms with E-state index in [2.05, 4.69) is 5.32 Å². The van der Waals surface area contributed by atoms with Crippen LogP contribution in [0, 0.1) is 5.82 Å². The standard InChI is InChI=1S/C27H23FN2O3S/c28-23-16-18-24(19-17-23)30(34(32,33)25-14-8-3-9-15-25)20-26(31)29-27(21-10-4-1-5-11-21)22-12-6-2-7-13-22/h1-19,27H,20H2,(H,29,31). The molecular formula is C27H23FN2O3S. The van der Waals surface area contributed by atoms with Crippen molar-refractivity contribution in [3.05, 3.63) is 132 Å². The molecule has 4 aromatic carbocycles. The van der Waals surface area contributed by atoms with Crippen molar-refractivity contribution >= 4 is 21.6 Å². The van der Waals surface area contributed by atoms with Crippen molar-refractivity contribution in [2.24, 2.45) is 0 Å². The number of hydrogen-bond donors (Lipinski definition) is 1. The van der Waals surface area contributed by atoms with Crippen LogP contribution in [-0.4, -0.2) is 20.9 Å². The van der Waals surface area contributed by atoms with Gasteiger partial charge in [-0.3, -0.25) is 9.10 Å². The summed E-state index contributed by atoms with van der Waals surface area (Å²) in [6, 6.07) is 31.3. The molecule has 0 aliphatic carbocycles. The normalized spacial score (nSPS) is 11.2. The fourth-order valence-electron chi connectivity index (χ4n) is 3.63. The number of anilines is 1. The van der Waals surface area contributed by atoms with Crippen molar-refractivity contribution in [1.29, 1.82) is 0 Å². The summed E-state index contributed by atoms with van der Waals surface area (Å²) in [5.74, 6) is -1.000. The zero-order chi connectivity index (χ0) is 24.0. The number of carbonyl (C=O) groups is 1. The Morgan fingerprint density at radius 1 is 0.735 bits per heavy atom. The summed E-state index contributed by atoms with van der Waals surface area (Å²) in [4.78, 5) is 13.3. The van der Waals surface area contributed by atoms with Crippen molar-refractivity contribution in [2.75, 3.05) is 10.8 Å². The zero-order valence-electron chi connectivity index (χ0n) is 18.2. The minimum atomic E-state index is -4.08. The number of carbonyl (C=O) groups excluding carboxylic acids is 1. The largest absolute Gasteiger partial charge is 0.344 e. The van der Waals surface area contributed by atoms with Gasteiger partial charge in [-0.15, -0.1) is 0 Å². The van der Waals surface area contributed by atoms with Crippen LogP contribution in [0.2, 0.25) is 0 Å². The Morgan fingerprint density at radius 2 is 1.21 bits per heavy atom. The van der Waals surface area contributed by atoms with E-state index in [0.717, 1.165) is 27.6 Å². The molecule has 7 heteroatoms. The van der Waals surface area contributed by atoms with Gasteiger partial charge in [-0.2, -0.15) is 0 Å². The molecule has 4 aromatic rings. The average molecular weight is 475 g/mol. The van der Waals surface area contributed by atoms with E-state index in [9.17, 15) is 17.6 Å². The number of halogens is 1. The molecule has 0 unspecified atom stereocenters. The lowest BCUT2D eigenvalue weighted by molar-refractivity contribution is -0.120. The molecule has 0 radical (unpaired) electrons. The monoisotopic (exact) mass is 474 g/mol. The van der Waals surface area contributed by atoms with Gasteiger partial charge in [-0.05, 0) is 47.5 Å². The van der Waals surface area contributed by atoms with Crippen LogP contribution in [0.5, 0.6) is 0 Å². The first kappa shape index (κ1) is 23.2. The molecular weight excluding hydrogens is 451 g/mol. The van der Waals surface area contributed by atoms with E-state index in [1.54, 1.807) is 18.2 Å². The van der Waals surface area contributed by atoms with Crippen LogP contribution in [0.3, 0.4) is 0 Å². The number of rotatable bonds is 8. The molecule has 1 N–H and O–H groups in total. The second-order valence-electron chi connectivity index (χ2n) is 7.62. The van der Waals surface area contributed by atoms with Crippen LogP contribution in [0.15, 0.2) is 120 Å². The van der Waals surface area contributed by atoms with Gasteiger partial charge in [0.2, 0.25) is 5.91 Å². The predicted molar refractivity (Wildman–Crippen MR) is 130 cm³/mol. The molecule has 34 heavy (non-hydrogen) atoms. The fraction of sp³-hybridized carbons (Fsp3) is 0.0741. The van der Waals surface area contributed by atoms with Gasteiger partial charge >= 0.3 is 0 Å². The van der Waals surface area contributed by atoms with Crippen LogP contribution >= 0.6 is 0 Å². The minimum absolute atomic E-state index is 0.0368. The van der Waals surface area contributed by atoms with Crippen LogP contribution in [0.25, 0.3) is 0 Å². The number of sulfonamides is 1. The van der Waals surface area contributed by atoms with E-state index in [4.69, 9.17) is 0 Å².